The molecule has 0 aliphatic heterocycles. The number of nitrogens with one attached hydrogen (secondary N) is 1. The van der Waals surface area contributed by atoms with E-state index in [4.69, 9.17) is 16.3 Å². The molecule has 0 saturated heterocycles. The van der Waals surface area contributed by atoms with Gasteiger partial charge in [-0.05, 0) is 56.2 Å². The summed E-state index contributed by atoms with van der Waals surface area (Å²) in [6.45, 7) is 4.31. The summed E-state index contributed by atoms with van der Waals surface area (Å²) in [5.41, 5.74) is 1.74. The molecule has 3 rings (SSSR count). The van der Waals surface area contributed by atoms with Crippen LogP contribution >= 0.6 is 11.6 Å². The molecular formula is C19H21ClN4O2. The number of aryl methyl sites for hydroxylation is 1. The minimum atomic E-state index is -0.223. The van der Waals surface area contributed by atoms with E-state index >= 15 is 0 Å². The van der Waals surface area contributed by atoms with Gasteiger partial charge in [-0.1, -0.05) is 17.7 Å². The van der Waals surface area contributed by atoms with Crippen LogP contribution in [-0.4, -0.2) is 27.1 Å². The Hall–Kier alpha value is -2.60. The number of fused-ring (bicyclic) bond motifs is 1. The molecule has 6 nitrogen and oxygen atoms in total. The Morgan fingerprint density at radius 1 is 1.31 bits per heavy atom. The number of hydrogen-bond donors (Lipinski definition) is 1. The Morgan fingerprint density at radius 2 is 2.15 bits per heavy atom. The van der Waals surface area contributed by atoms with Gasteiger partial charge in [0.05, 0.1) is 12.6 Å². The zero-order chi connectivity index (χ0) is 18.5. The molecule has 0 saturated carbocycles. The van der Waals surface area contributed by atoms with Crippen molar-refractivity contribution in [2.75, 3.05) is 6.61 Å². The number of nitrogens with zero attached hydrogens (tertiary/aromatic N) is 3. The lowest BCUT2D eigenvalue weighted by molar-refractivity contribution is -0.122. The van der Waals surface area contributed by atoms with Crippen LogP contribution in [0.2, 0.25) is 5.02 Å². The zero-order valence-electron chi connectivity index (χ0n) is 14.8. The van der Waals surface area contributed by atoms with E-state index in [9.17, 15) is 4.79 Å². The smallest absolute Gasteiger partial charge is 0.220 e. The topological polar surface area (TPSA) is 68.5 Å². The van der Waals surface area contributed by atoms with Crippen molar-refractivity contribution in [3.8, 4) is 5.75 Å². The molecule has 0 radical (unpaired) electrons. The second-order valence-corrected chi connectivity index (χ2v) is 6.57. The molecule has 0 spiro atoms. The van der Waals surface area contributed by atoms with Crippen molar-refractivity contribution in [2.24, 2.45) is 0 Å². The van der Waals surface area contributed by atoms with Crippen molar-refractivity contribution >= 4 is 23.2 Å². The van der Waals surface area contributed by atoms with Crippen LogP contribution in [0.25, 0.3) is 5.65 Å². The van der Waals surface area contributed by atoms with Gasteiger partial charge < -0.3 is 10.1 Å². The lowest BCUT2D eigenvalue weighted by Crippen LogP contribution is -2.28. The minimum Gasteiger partial charge on any atom is -0.493 e. The second-order valence-electron chi connectivity index (χ2n) is 6.14. The van der Waals surface area contributed by atoms with E-state index in [2.05, 4.69) is 15.5 Å². The number of ether oxygens (including phenoxy) is 1. The highest BCUT2D eigenvalue weighted by atomic mass is 35.5. The number of pyridine rings is 1. The van der Waals surface area contributed by atoms with E-state index in [0.717, 1.165) is 17.0 Å². The summed E-state index contributed by atoms with van der Waals surface area (Å²) in [4.78, 5) is 12.2. The third-order valence-electron chi connectivity index (χ3n) is 4.05. The Morgan fingerprint density at radius 3 is 2.96 bits per heavy atom. The molecule has 0 bridgehead atoms. The number of aromatic nitrogens is 3. The monoisotopic (exact) mass is 372 g/mol. The molecule has 26 heavy (non-hydrogen) atoms. The number of carbonyl (C=O) groups excluding carboxylic acids is 1. The molecular weight excluding hydrogens is 352 g/mol. The fourth-order valence-electron chi connectivity index (χ4n) is 2.72. The normalized spacial score (nSPS) is 12.1. The van der Waals surface area contributed by atoms with Crippen molar-refractivity contribution < 1.29 is 9.53 Å². The lowest BCUT2D eigenvalue weighted by Gasteiger charge is -2.13. The summed E-state index contributed by atoms with van der Waals surface area (Å²) < 4.78 is 7.58. The standard InChI is InChI=1S/C19H21ClN4O2/c1-13-12-15(20)8-9-16(13)26-11-5-7-18(25)21-14(2)19-23-22-17-6-3-4-10-24(17)19/h3-4,6,8-10,12,14H,5,7,11H2,1-2H3,(H,21,25). The van der Waals surface area contributed by atoms with Gasteiger partial charge in [0.2, 0.25) is 5.91 Å². The van der Waals surface area contributed by atoms with E-state index in [1.54, 1.807) is 6.07 Å². The van der Waals surface area contributed by atoms with Gasteiger partial charge in [-0.3, -0.25) is 9.20 Å². The lowest BCUT2D eigenvalue weighted by atomic mass is 10.2. The van der Waals surface area contributed by atoms with E-state index in [1.165, 1.54) is 0 Å². The first-order chi connectivity index (χ1) is 12.5. The Bertz CT molecular complexity index is 909. The number of rotatable bonds is 7. The van der Waals surface area contributed by atoms with Gasteiger partial charge in [-0.2, -0.15) is 0 Å². The van der Waals surface area contributed by atoms with Crippen LogP contribution in [0.1, 0.15) is 37.2 Å². The molecule has 1 aromatic carbocycles. The maximum absolute atomic E-state index is 12.2. The summed E-state index contributed by atoms with van der Waals surface area (Å²) in [5, 5.41) is 11.9. The maximum atomic E-state index is 12.2. The van der Waals surface area contributed by atoms with Crippen molar-refractivity contribution in [1.82, 2.24) is 19.9 Å². The van der Waals surface area contributed by atoms with Gasteiger partial charge in [0.1, 0.15) is 5.75 Å². The molecule has 1 atom stereocenters. The predicted molar refractivity (Wildman–Crippen MR) is 100 cm³/mol. The van der Waals surface area contributed by atoms with Crippen LogP contribution in [0.3, 0.4) is 0 Å². The van der Waals surface area contributed by atoms with Crippen LogP contribution in [0.15, 0.2) is 42.6 Å². The number of carbonyl (C=O) groups is 1. The van der Waals surface area contributed by atoms with Crippen LogP contribution in [-0.2, 0) is 4.79 Å². The predicted octanol–water partition coefficient (Wildman–Crippen LogP) is 3.73. The van der Waals surface area contributed by atoms with Gasteiger partial charge in [-0.25, -0.2) is 0 Å². The largest absolute Gasteiger partial charge is 0.493 e. The van der Waals surface area contributed by atoms with E-state index in [0.29, 0.717) is 30.3 Å². The molecule has 0 fully saturated rings. The SMILES string of the molecule is Cc1cc(Cl)ccc1OCCCC(=O)NC(C)c1nnc2ccccn12. The van der Waals surface area contributed by atoms with Crippen LogP contribution in [0, 0.1) is 6.92 Å². The highest BCUT2D eigenvalue weighted by Crippen LogP contribution is 2.22. The zero-order valence-corrected chi connectivity index (χ0v) is 15.5. The van der Waals surface area contributed by atoms with Crippen molar-refractivity contribution in [3.63, 3.8) is 0 Å². The number of hydrogen-bond acceptors (Lipinski definition) is 4. The molecule has 7 heteroatoms. The molecule has 0 aliphatic carbocycles. The molecule has 3 aromatic rings. The summed E-state index contributed by atoms with van der Waals surface area (Å²) in [6, 6.07) is 11.0. The van der Waals surface area contributed by atoms with Gasteiger partial charge in [0.15, 0.2) is 11.5 Å². The highest BCUT2D eigenvalue weighted by Gasteiger charge is 2.15. The Balaban J connectivity index is 1.46. The average molecular weight is 373 g/mol. The fourth-order valence-corrected chi connectivity index (χ4v) is 2.95. The maximum Gasteiger partial charge on any atom is 0.220 e. The molecule has 1 N–H and O–H groups in total. The van der Waals surface area contributed by atoms with E-state index in [-0.39, 0.29) is 11.9 Å². The summed E-state index contributed by atoms with van der Waals surface area (Å²) in [5.74, 6) is 1.46. The molecule has 1 amide bonds. The molecule has 136 valence electrons. The third kappa shape index (κ3) is 4.32. The van der Waals surface area contributed by atoms with Crippen molar-refractivity contribution in [1.29, 1.82) is 0 Å². The fraction of sp³-hybridized carbons (Fsp3) is 0.316. The first kappa shape index (κ1) is 18.2. The van der Waals surface area contributed by atoms with Gasteiger partial charge in [-0.15, -0.1) is 10.2 Å². The first-order valence-corrected chi connectivity index (χ1v) is 8.90. The quantitative estimate of drug-likeness (QED) is 0.641. The van der Waals surface area contributed by atoms with Crippen molar-refractivity contribution in [2.45, 2.75) is 32.7 Å². The molecule has 2 aromatic heterocycles. The van der Waals surface area contributed by atoms with Crippen LogP contribution in [0.5, 0.6) is 5.75 Å². The summed E-state index contributed by atoms with van der Waals surface area (Å²) in [7, 11) is 0. The Kier molecular flexibility index (Phi) is 5.73. The number of benzene rings is 1. The molecule has 2 heterocycles. The summed E-state index contributed by atoms with van der Waals surface area (Å²) in [6.07, 6.45) is 2.89. The van der Waals surface area contributed by atoms with Crippen LogP contribution in [0.4, 0.5) is 0 Å². The van der Waals surface area contributed by atoms with Gasteiger partial charge >= 0.3 is 0 Å². The second kappa shape index (κ2) is 8.19. The number of halogens is 1. The van der Waals surface area contributed by atoms with Crippen molar-refractivity contribution in [3.05, 3.63) is 59.0 Å². The molecule has 0 aliphatic rings. The average Bonchev–Trinajstić information content (AvgIpc) is 3.04. The van der Waals surface area contributed by atoms with E-state index < -0.39 is 0 Å². The highest BCUT2D eigenvalue weighted by molar-refractivity contribution is 6.30. The minimum absolute atomic E-state index is 0.0402. The molecule has 1 unspecified atom stereocenters. The van der Waals surface area contributed by atoms with E-state index in [1.807, 2.05) is 54.8 Å². The van der Waals surface area contributed by atoms with Gasteiger partial charge in [0, 0.05) is 17.6 Å². The third-order valence-corrected chi connectivity index (χ3v) is 4.28. The Labute approximate surface area is 157 Å². The summed E-state index contributed by atoms with van der Waals surface area (Å²) >= 11 is 5.93. The number of amides is 1. The van der Waals surface area contributed by atoms with Crippen LogP contribution < -0.4 is 10.1 Å². The van der Waals surface area contributed by atoms with Gasteiger partial charge in [0.25, 0.3) is 0 Å². The first-order valence-electron chi connectivity index (χ1n) is 8.52.